The number of fused-ring (bicyclic) bond motifs is 1. The molecule has 3 aromatic carbocycles. The number of nitrogens with zero attached hydrogens (tertiary/aromatic N) is 3. The summed E-state index contributed by atoms with van der Waals surface area (Å²) in [5.41, 5.74) is 2.70. The van der Waals surface area contributed by atoms with Crippen molar-refractivity contribution in [2.24, 2.45) is 0 Å². The van der Waals surface area contributed by atoms with E-state index in [1.807, 2.05) is 48.7 Å². The van der Waals surface area contributed by atoms with Crippen LogP contribution in [-0.4, -0.2) is 19.6 Å². The Bertz CT molecular complexity index is 1810. The molecular weight excluding hydrogens is 486 g/mol. The van der Waals surface area contributed by atoms with Gasteiger partial charge in [0.1, 0.15) is 5.82 Å². The first-order valence-corrected chi connectivity index (χ1v) is 12.1. The number of aromatic hydroxyl groups is 1. The SMILES string of the molecule is Cc1cc(C#Cc2cccs2)ccc1-n1c(/C=C/c2ccc(O)c([N+](=O)[O-])c2)nc2ccccc2c1=O. The molecule has 0 atom stereocenters. The minimum atomic E-state index is -0.650. The second kappa shape index (κ2) is 9.93. The predicted molar refractivity (Wildman–Crippen MR) is 146 cm³/mol. The first-order valence-electron chi connectivity index (χ1n) is 11.2. The van der Waals surface area contributed by atoms with Crippen LogP contribution in [0.25, 0.3) is 28.7 Å². The Labute approximate surface area is 215 Å². The largest absolute Gasteiger partial charge is 0.502 e. The van der Waals surface area contributed by atoms with Crippen LogP contribution >= 0.6 is 11.3 Å². The quantitative estimate of drug-likeness (QED) is 0.185. The van der Waals surface area contributed by atoms with Gasteiger partial charge >= 0.3 is 5.69 Å². The molecule has 0 amide bonds. The van der Waals surface area contributed by atoms with Crippen LogP contribution in [0.2, 0.25) is 0 Å². The van der Waals surface area contributed by atoms with Crippen molar-refractivity contribution in [1.29, 1.82) is 0 Å². The average molecular weight is 506 g/mol. The third-order valence-corrected chi connectivity index (χ3v) is 6.50. The van der Waals surface area contributed by atoms with E-state index < -0.39 is 16.4 Å². The number of rotatable bonds is 4. The van der Waals surface area contributed by atoms with E-state index in [0.29, 0.717) is 28.0 Å². The monoisotopic (exact) mass is 505 g/mol. The van der Waals surface area contributed by atoms with Crippen molar-refractivity contribution in [3.05, 3.63) is 126 Å². The lowest BCUT2D eigenvalue weighted by molar-refractivity contribution is -0.385. The molecule has 0 saturated heterocycles. The van der Waals surface area contributed by atoms with Gasteiger partial charge in [-0.05, 0) is 72.0 Å². The number of hydrogen-bond acceptors (Lipinski definition) is 6. The number of nitro groups is 1. The second-order valence-electron chi connectivity index (χ2n) is 8.19. The maximum Gasteiger partial charge on any atom is 0.311 e. The Morgan fingerprint density at radius 2 is 1.86 bits per heavy atom. The minimum absolute atomic E-state index is 0.234. The van der Waals surface area contributed by atoms with Gasteiger partial charge in [-0.25, -0.2) is 4.98 Å². The smallest absolute Gasteiger partial charge is 0.311 e. The molecule has 2 heterocycles. The number of aryl methyl sites for hydroxylation is 1. The summed E-state index contributed by atoms with van der Waals surface area (Å²) in [6, 6.07) is 20.7. The molecular formula is C29H19N3O4S. The summed E-state index contributed by atoms with van der Waals surface area (Å²) >= 11 is 1.57. The van der Waals surface area contributed by atoms with Crippen molar-refractivity contribution in [3.63, 3.8) is 0 Å². The summed E-state index contributed by atoms with van der Waals surface area (Å²) in [4.78, 5) is 29.8. The van der Waals surface area contributed by atoms with Gasteiger partial charge in [0.25, 0.3) is 5.56 Å². The third-order valence-electron chi connectivity index (χ3n) is 5.71. The van der Waals surface area contributed by atoms with Crippen molar-refractivity contribution < 1.29 is 10.0 Å². The third kappa shape index (κ3) is 4.89. The molecule has 5 aromatic rings. The minimum Gasteiger partial charge on any atom is -0.502 e. The van der Waals surface area contributed by atoms with Gasteiger partial charge < -0.3 is 5.11 Å². The maximum atomic E-state index is 13.6. The van der Waals surface area contributed by atoms with Gasteiger partial charge in [0.15, 0.2) is 5.75 Å². The number of thiophene rings is 1. The highest BCUT2D eigenvalue weighted by atomic mass is 32.1. The van der Waals surface area contributed by atoms with Gasteiger partial charge in [-0.2, -0.15) is 0 Å². The first-order chi connectivity index (χ1) is 17.9. The molecule has 0 bridgehead atoms. The average Bonchev–Trinajstić information content (AvgIpc) is 3.41. The van der Waals surface area contributed by atoms with Crippen LogP contribution in [0, 0.1) is 28.9 Å². The van der Waals surface area contributed by atoms with Crippen molar-refractivity contribution in [2.75, 3.05) is 0 Å². The van der Waals surface area contributed by atoms with Crippen LogP contribution in [0.15, 0.2) is 83.0 Å². The maximum absolute atomic E-state index is 13.6. The van der Waals surface area contributed by atoms with E-state index in [-0.39, 0.29) is 5.56 Å². The van der Waals surface area contributed by atoms with Crippen molar-refractivity contribution in [2.45, 2.75) is 6.92 Å². The number of hydrogen-bond donors (Lipinski definition) is 1. The van der Waals surface area contributed by atoms with Crippen molar-refractivity contribution >= 4 is 40.1 Å². The Balaban J connectivity index is 1.63. The fourth-order valence-electron chi connectivity index (χ4n) is 3.92. The number of aromatic nitrogens is 2. The van der Waals surface area contributed by atoms with Crippen LogP contribution in [-0.2, 0) is 0 Å². The normalized spacial score (nSPS) is 10.9. The van der Waals surface area contributed by atoms with Crippen LogP contribution in [0.4, 0.5) is 5.69 Å². The standard InChI is InChI=1S/C29H19N3O4S/c1-19-17-20(8-12-22-5-4-16-37-22)9-13-25(19)31-28(30-24-7-3-2-6-23(24)29(31)34)15-11-21-10-14-27(33)26(18-21)32(35)36/h2-7,9-11,13-18,33H,1H3/b15-11+. The first kappa shape index (κ1) is 23.7. The summed E-state index contributed by atoms with van der Waals surface area (Å²) in [5.74, 6) is 6.24. The molecule has 1 N–H and O–H groups in total. The molecule has 0 aliphatic heterocycles. The zero-order valence-corrected chi connectivity index (χ0v) is 20.4. The zero-order valence-electron chi connectivity index (χ0n) is 19.6. The highest BCUT2D eigenvalue weighted by Crippen LogP contribution is 2.27. The highest BCUT2D eigenvalue weighted by Gasteiger charge is 2.15. The zero-order chi connectivity index (χ0) is 25.9. The topological polar surface area (TPSA) is 98.3 Å². The number of para-hydroxylation sites is 1. The molecule has 0 aliphatic carbocycles. The number of phenolic OH excluding ortho intramolecular Hbond substituents is 1. The van der Waals surface area contributed by atoms with Gasteiger partial charge in [-0.3, -0.25) is 19.5 Å². The summed E-state index contributed by atoms with van der Waals surface area (Å²) in [7, 11) is 0. The van der Waals surface area contributed by atoms with Gasteiger partial charge in [0.05, 0.1) is 26.4 Å². The molecule has 8 heteroatoms. The van der Waals surface area contributed by atoms with E-state index in [9.17, 15) is 20.0 Å². The van der Waals surface area contributed by atoms with Crippen molar-refractivity contribution in [1.82, 2.24) is 9.55 Å². The van der Waals surface area contributed by atoms with E-state index in [4.69, 9.17) is 4.98 Å². The number of phenols is 1. The fourth-order valence-corrected chi connectivity index (χ4v) is 4.49. The van der Waals surface area contributed by atoms with Crippen molar-refractivity contribution in [3.8, 4) is 23.3 Å². The lowest BCUT2D eigenvalue weighted by Crippen LogP contribution is -2.23. The summed E-state index contributed by atoms with van der Waals surface area (Å²) in [5, 5.41) is 23.4. The second-order valence-corrected chi connectivity index (χ2v) is 9.14. The van der Waals surface area contributed by atoms with Gasteiger partial charge in [-0.15, -0.1) is 11.3 Å². The van der Waals surface area contributed by atoms with Crippen LogP contribution in [0.3, 0.4) is 0 Å². The molecule has 2 aromatic heterocycles. The van der Waals surface area contributed by atoms with Gasteiger partial charge in [0, 0.05) is 11.6 Å². The summed E-state index contributed by atoms with van der Waals surface area (Å²) in [6.07, 6.45) is 3.25. The van der Waals surface area contributed by atoms with Gasteiger partial charge in [-0.1, -0.05) is 42.2 Å². The van der Waals surface area contributed by atoms with Crippen LogP contribution in [0.5, 0.6) is 5.75 Å². The Kier molecular flexibility index (Phi) is 6.37. The molecule has 180 valence electrons. The van der Waals surface area contributed by atoms with E-state index in [2.05, 4.69) is 11.8 Å². The molecule has 0 aliphatic rings. The molecule has 7 nitrogen and oxygen atoms in total. The molecule has 0 fully saturated rings. The Morgan fingerprint density at radius 3 is 2.62 bits per heavy atom. The molecule has 0 unspecified atom stereocenters. The molecule has 5 rings (SSSR count). The summed E-state index contributed by atoms with van der Waals surface area (Å²) in [6.45, 7) is 1.91. The number of nitro benzene ring substituents is 1. The Morgan fingerprint density at radius 1 is 1.03 bits per heavy atom. The molecule has 0 radical (unpaired) electrons. The van der Waals surface area contributed by atoms with E-state index in [1.165, 1.54) is 16.7 Å². The van der Waals surface area contributed by atoms with E-state index in [0.717, 1.165) is 16.0 Å². The predicted octanol–water partition coefficient (Wildman–Crippen LogP) is 5.94. The highest BCUT2D eigenvalue weighted by molar-refractivity contribution is 7.10. The lowest BCUT2D eigenvalue weighted by atomic mass is 10.1. The van der Waals surface area contributed by atoms with E-state index in [1.54, 1.807) is 47.8 Å². The Hall–Kier alpha value is -5.00. The van der Waals surface area contributed by atoms with Gasteiger partial charge in [0.2, 0.25) is 0 Å². The molecule has 37 heavy (non-hydrogen) atoms. The number of benzene rings is 3. The summed E-state index contributed by atoms with van der Waals surface area (Å²) < 4.78 is 1.53. The molecule has 0 saturated carbocycles. The van der Waals surface area contributed by atoms with Crippen LogP contribution in [0.1, 0.15) is 27.4 Å². The fraction of sp³-hybridized carbons (Fsp3) is 0.0345. The lowest BCUT2D eigenvalue weighted by Gasteiger charge is -2.14. The van der Waals surface area contributed by atoms with E-state index >= 15 is 0 Å². The van der Waals surface area contributed by atoms with Crippen LogP contribution < -0.4 is 5.56 Å². The molecule has 0 spiro atoms.